The minimum Gasteiger partial charge on any atom is -0.749 e. The van der Waals surface area contributed by atoms with E-state index in [1.807, 2.05) is 0 Å². The van der Waals surface area contributed by atoms with Crippen LogP contribution in [-0.2, 0) is 10.1 Å². The lowest BCUT2D eigenvalue weighted by Crippen LogP contribution is -2.35. The maximum absolute atomic E-state index is 11.8. The number of imide groups is 1. The maximum Gasteiger partial charge on any atom is 0.294 e. The van der Waals surface area contributed by atoms with Crippen molar-refractivity contribution < 1.29 is 22.6 Å². The highest BCUT2D eigenvalue weighted by molar-refractivity contribution is 7.85. The second kappa shape index (κ2) is 3.85. The van der Waals surface area contributed by atoms with Crippen molar-refractivity contribution in [2.75, 3.05) is 0 Å². The van der Waals surface area contributed by atoms with E-state index >= 15 is 0 Å². The lowest BCUT2D eigenvalue weighted by atomic mass is 9.95. The molecule has 0 aliphatic carbocycles. The summed E-state index contributed by atoms with van der Waals surface area (Å²) in [5.74, 6) is -2.14. The normalized spacial score (nSPS) is 15.0. The van der Waals surface area contributed by atoms with E-state index in [4.69, 9.17) is 4.55 Å². The Morgan fingerprint density at radius 1 is 1.05 bits per heavy atom. The lowest BCUT2D eigenvalue weighted by molar-refractivity contribution is 0.0680. The molecule has 7 nitrogen and oxygen atoms in total. The first-order chi connectivity index (χ1) is 9.30. The molecule has 0 atom stereocenters. The van der Waals surface area contributed by atoms with Crippen molar-refractivity contribution in [1.29, 1.82) is 0 Å². The number of hydrogen-bond acceptors (Lipinski definition) is 5. The van der Waals surface area contributed by atoms with Gasteiger partial charge < -0.3 is 10.3 Å². The van der Waals surface area contributed by atoms with E-state index in [-0.39, 0.29) is 27.0 Å². The molecule has 1 aliphatic heterocycles. The molecule has 0 aromatic heterocycles. The molecule has 20 heavy (non-hydrogen) atoms. The second-order valence-electron chi connectivity index (χ2n) is 4.25. The zero-order chi connectivity index (χ0) is 14.7. The van der Waals surface area contributed by atoms with Crippen molar-refractivity contribution in [2.45, 2.75) is 4.90 Å². The summed E-state index contributed by atoms with van der Waals surface area (Å²) in [6, 6.07) is 6.34. The number of nitrogens with zero attached hydrogens (tertiary/aromatic N) is 1. The molecule has 2 aromatic carbocycles. The molecule has 2 aromatic rings. The van der Waals surface area contributed by atoms with Crippen molar-refractivity contribution in [3.8, 4) is 0 Å². The van der Waals surface area contributed by atoms with E-state index in [2.05, 4.69) is 0 Å². The summed E-state index contributed by atoms with van der Waals surface area (Å²) in [6.45, 7) is 0. The Kier molecular flexibility index (Phi) is 2.45. The molecule has 3 rings (SSSR count). The smallest absolute Gasteiger partial charge is 0.294 e. The van der Waals surface area contributed by atoms with Gasteiger partial charge in [0.15, 0.2) is 0 Å². The molecular weight excluding hydrogens is 286 g/mol. The molecule has 0 radical (unpaired) electrons. The molecule has 0 saturated carbocycles. The number of amides is 2. The summed E-state index contributed by atoms with van der Waals surface area (Å²) >= 11 is 0. The molecule has 0 fully saturated rings. The van der Waals surface area contributed by atoms with Crippen molar-refractivity contribution in [1.82, 2.24) is 5.06 Å². The minimum absolute atomic E-state index is 0.0222. The van der Waals surface area contributed by atoms with Crippen LogP contribution in [0.4, 0.5) is 0 Å². The second-order valence-corrected chi connectivity index (χ2v) is 5.68. The fourth-order valence-electron chi connectivity index (χ4n) is 2.21. The van der Waals surface area contributed by atoms with Gasteiger partial charge in [-0.2, -0.15) is 8.42 Å². The van der Waals surface area contributed by atoms with Crippen LogP contribution < -0.4 is 0 Å². The molecular formula is C12H6NO6S-. The van der Waals surface area contributed by atoms with E-state index in [0.29, 0.717) is 0 Å². The average molecular weight is 292 g/mol. The van der Waals surface area contributed by atoms with Crippen LogP contribution in [0.2, 0.25) is 0 Å². The number of rotatable bonds is 1. The Balaban J connectivity index is 2.51. The fraction of sp³-hybridized carbons (Fsp3) is 0. The van der Waals surface area contributed by atoms with Crippen LogP contribution in [0, 0.1) is 5.21 Å². The Hall–Kier alpha value is -2.29. The third kappa shape index (κ3) is 1.63. The number of hydroxylamine groups is 2. The minimum atomic E-state index is -4.53. The van der Waals surface area contributed by atoms with Crippen LogP contribution >= 0.6 is 0 Å². The molecule has 2 amide bonds. The van der Waals surface area contributed by atoms with E-state index in [0.717, 1.165) is 12.1 Å². The van der Waals surface area contributed by atoms with Crippen LogP contribution in [0.5, 0.6) is 0 Å². The van der Waals surface area contributed by atoms with Crippen LogP contribution in [0.25, 0.3) is 10.8 Å². The molecule has 1 heterocycles. The van der Waals surface area contributed by atoms with E-state index in [1.165, 1.54) is 18.2 Å². The molecule has 0 unspecified atom stereocenters. The molecule has 0 bridgehead atoms. The van der Waals surface area contributed by atoms with Gasteiger partial charge in [-0.25, -0.2) is 0 Å². The highest BCUT2D eigenvalue weighted by atomic mass is 32.2. The van der Waals surface area contributed by atoms with E-state index in [1.54, 1.807) is 0 Å². The molecule has 8 heteroatoms. The van der Waals surface area contributed by atoms with Gasteiger partial charge >= 0.3 is 0 Å². The number of benzene rings is 2. The summed E-state index contributed by atoms with van der Waals surface area (Å²) in [5.41, 5.74) is -0.200. The Labute approximate surface area is 112 Å². The first-order valence-corrected chi connectivity index (χ1v) is 6.85. The zero-order valence-electron chi connectivity index (χ0n) is 9.73. The molecule has 1 aliphatic rings. The van der Waals surface area contributed by atoms with E-state index in [9.17, 15) is 23.2 Å². The van der Waals surface area contributed by atoms with Gasteiger partial charge in [0.2, 0.25) is 0 Å². The SMILES string of the molecule is O=C1c2cccc3cc(S(=O)(=O)O)cc(c23)C(=O)N1[O-]. The van der Waals surface area contributed by atoms with Crippen molar-refractivity contribution in [3.63, 3.8) is 0 Å². The van der Waals surface area contributed by atoms with Crippen molar-refractivity contribution in [2.24, 2.45) is 0 Å². The van der Waals surface area contributed by atoms with Gasteiger partial charge in [-0.1, -0.05) is 12.1 Å². The van der Waals surface area contributed by atoms with Gasteiger partial charge in [-0.05, 0) is 23.6 Å². The lowest BCUT2D eigenvalue weighted by Gasteiger charge is -2.31. The van der Waals surface area contributed by atoms with Crippen LogP contribution in [-0.4, -0.2) is 29.8 Å². The standard InChI is InChI=1S/C12H6NO6S/c14-11-8-3-1-2-6-4-7(20(17,18)19)5-9(10(6)8)12(15)13(11)16/h1-5H,(H,17,18,19)/q-1. The highest BCUT2D eigenvalue weighted by Crippen LogP contribution is 2.31. The molecule has 102 valence electrons. The van der Waals surface area contributed by atoms with Gasteiger partial charge in [0.1, 0.15) is 0 Å². The van der Waals surface area contributed by atoms with Crippen molar-refractivity contribution >= 4 is 32.7 Å². The molecule has 0 spiro atoms. The van der Waals surface area contributed by atoms with Crippen LogP contribution in [0.3, 0.4) is 0 Å². The molecule has 1 N–H and O–H groups in total. The largest absolute Gasteiger partial charge is 0.749 e. The summed E-state index contributed by atoms with van der Waals surface area (Å²) in [5, 5.41) is 11.7. The first-order valence-electron chi connectivity index (χ1n) is 5.41. The summed E-state index contributed by atoms with van der Waals surface area (Å²) in [6.07, 6.45) is 0. The predicted octanol–water partition coefficient (Wildman–Crippen LogP) is 1.18. The molecule has 0 saturated heterocycles. The topological polar surface area (TPSA) is 115 Å². The van der Waals surface area contributed by atoms with Gasteiger partial charge in [0, 0.05) is 16.5 Å². The predicted molar refractivity (Wildman–Crippen MR) is 67.6 cm³/mol. The van der Waals surface area contributed by atoms with Crippen LogP contribution in [0.1, 0.15) is 20.7 Å². The highest BCUT2D eigenvalue weighted by Gasteiger charge is 2.29. The Morgan fingerprint density at radius 3 is 2.35 bits per heavy atom. The average Bonchev–Trinajstić information content (AvgIpc) is 2.40. The van der Waals surface area contributed by atoms with Gasteiger partial charge in [-0.3, -0.25) is 14.1 Å². The Morgan fingerprint density at radius 2 is 1.70 bits per heavy atom. The third-order valence-electron chi connectivity index (χ3n) is 3.08. The number of carbonyl (C=O) groups is 2. The van der Waals surface area contributed by atoms with Gasteiger partial charge in [0.05, 0.1) is 4.90 Å². The Bertz CT molecular complexity index is 886. The zero-order valence-corrected chi connectivity index (χ0v) is 10.5. The number of carbonyl (C=O) groups excluding carboxylic acids is 2. The van der Waals surface area contributed by atoms with Gasteiger partial charge in [-0.15, -0.1) is 0 Å². The summed E-state index contributed by atoms with van der Waals surface area (Å²) in [7, 11) is -4.53. The summed E-state index contributed by atoms with van der Waals surface area (Å²) in [4.78, 5) is 23.0. The number of hydrogen-bond donors (Lipinski definition) is 1. The van der Waals surface area contributed by atoms with Crippen molar-refractivity contribution in [3.05, 3.63) is 46.7 Å². The maximum atomic E-state index is 11.8. The monoisotopic (exact) mass is 292 g/mol. The quantitative estimate of drug-likeness (QED) is 0.623. The van der Waals surface area contributed by atoms with E-state index < -0.39 is 26.8 Å². The summed E-state index contributed by atoms with van der Waals surface area (Å²) < 4.78 is 31.4. The third-order valence-corrected chi connectivity index (χ3v) is 3.91. The van der Waals surface area contributed by atoms with Gasteiger partial charge in [0.25, 0.3) is 21.9 Å². The first kappa shape index (κ1) is 12.7. The van der Waals surface area contributed by atoms with Crippen LogP contribution in [0.15, 0.2) is 35.2 Å². The fourth-order valence-corrected chi connectivity index (χ4v) is 2.75.